The van der Waals surface area contributed by atoms with Crippen molar-refractivity contribution in [3.63, 3.8) is 0 Å². The number of anilines is 1. The molecule has 1 saturated heterocycles. The Morgan fingerprint density at radius 1 is 1.07 bits per heavy atom. The van der Waals surface area contributed by atoms with Crippen molar-refractivity contribution in [2.75, 3.05) is 18.1 Å². The minimum Gasteiger partial charge on any atom is -0.507 e. The number of nitrogens with zero attached hydrogens (tertiary/aromatic N) is 3. The van der Waals surface area contributed by atoms with Gasteiger partial charge in [-0.05, 0) is 60.0 Å². The molecule has 0 aliphatic carbocycles. The predicted octanol–water partition coefficient (Wildman–Crippen LogP) is 6.95. The zero-order chi connectivity index (χ0) is 30.3. The molecule has 1 fully saturated rings. The van der Waals surface area contributed by atoms with E-state index in [9.17, 15) is 19.1 Å². The molecule has 1 unspecified atom stereocenters. The van der Waals surface area contributed by atoms with Gasteiger partial charge >= 0.3 is 5.91 Å². The number of aliphatic hydroxyl groups is 1. The Kier molecular flexibility index (Phi) is 9.53. The fraction of sp³-hybridized carbons (Fsp3) is 0.188. The smallest absolute Gasteiger partial charge is 0.301 e. The molecule has 0 saturated carbocycles. The second kappa shape index (κ2) is 13.7. The molecular formula is C32H28FN3O5S2. The molecule has 1 aliphatic rings. The van der Waals surface area contributed by atoms with E-state index in [0.29, 0.717) is 44.9 Å². The number of thioether (sulfide) groups is 1. The number of halogens is 1. The number of aromatic nitrogens is 2. The highest BCUT2D eigenvalue weighted by Gasteiger charge is 2.48. The van der Waals surface area contributed by atoms with Gasteiger partial charge in [-0.1, -0.05) is 73.0 Å². The summed E-state index contributed by atoms with van der Waals surface area (Å²) in [5.74, 6) is -0.937. The number of Topliss-reactive ketones (excluding diaryl/α,β-unsaturated/α-hetero) is 1. The van der Waals surface area contributed by atoms with Gasteiger partial charge in [0.1, 0.15) is 29.7 Å². The van der Waals surface area contributed by atoms with Crippen LogP contribution in [-0.2, 0) is 15.3 Å². The van der Waals surface area contributed by atoms with Gasteiger partial charge in [0.15, 0.2) is 4.34 Å². The molecule has 3 aromatic carbocycles. The lowest BCUT2D eigenvalue weighted by atomic mass is 9.95. The summed E-state index contributed by atoms with van der Waals surface area (Å²) in [6.07, 6.45) is 2.45. The molecular weight excluding hydrogens is 590 g/mol. The van der Waals surface area contributed by atoms with Crippen LogP contribution in [0.3, 0.4) is 0 Å². The van der Waals surface area contributed by atoms with Gasteiger partial charge < -0.3 is 14.6 Å². The maximum atomic E-state index is 14.1. The Morgan fingerprint density at radius 3 is 2.60 bits per heavy atom. The third-order valence-electron chi connectivity index (χ3n) is 6.50. The summed E-state index contributed by atoms with van der Waals surface area (Å²) in [6.45, 7) is 6.47. The molecule has 5 rings (SSSR count). The van der Waals surface area contributed by atoms with Crippen molar-refractivity contribution in [2.24, 2.45) is 0 Å². The number of ether oxygens (including phenoxy) is 2. The minimum atomic E-state index is -1.01. The van der Waals surface area contributed by atoms with E-state index < -0.39 is 17.7 Å². The number of amides is 1. The van der Waals surface area contributed by atoms with Crippen LogP contribution in [0, 0.1) is 5.82 Å². The average molecular weight is 618 g/mol. The van der Waals surface area contributed by atoms with Crippen LogP contribution in [-0.4, -0.2) is 40.2 Å². The largest absolute Gasteiger partial charge is 0.507 e. The van der Waals surface area contributed by atoms with Crippen LogP contribution in [0.15, 0.2) is 95.4 Å². The molecule has 11 heteroatoms. The molecule has 1 N–H and O–H groups in total. The lowest BCUT2D eigenvalue weighted by Gasteiger charge is -2.23. The monoisotopic (exact) mass is 617 g/mol. The van der Waals surface area contributed by atoms with Crippen molar-refractivity contribution in [1.29, 1.82) is 0 Å². The normalized spacial score (nSPS) is 16.0. The number of hydrogen-bond acceptors (Lipinski definition) is 9. The zero-order valence-corrected chi connectivity index (χ0v) is 24.9. The number of carbonyl (C=O) groups excluding carboxylic acids is 2. The van der Waals surface area contributed by atoms with Gasteiger partial charge in [-0.3, -0.25) is 14.5 Å². The van der Waals surface area contributed by atoms with E-state index in [1.807, 2.05) is 6.92 Å². The molecule has 0 spiro atoms. The van der Waals surface area contributed by atoms with E-state index in [4.69, 9.17) is 9.47 Å². The predicted molar refractivity (Wildman–Crippen MR) is 165 cm³/mol. The molecule has 0 radical (unpaired) electrons. The van der Waals surface area contributed by atoms with Crippen molar-refractivity contribution in [1.82, 2.24) is 10.2 Å². The van der Waals surface area contributed by atoms with Crippen molar-refractivity contribution in [2.45, 2.75) is 29.5 Å². The van der Waals surface area contributed by atoms with E-state index in [2.05, 4.69) is 16.8 Å². The Labute approximate surface area is 256 Å². The first-order valence-electron chi connectivity index (χ1n) is 13.5. The molecule has 8 nitrogen and oxygen atoms in total. The first kappa shape index (κ1) is 30.0. The quantitative estimate of drug-likeness (QED) is 0.0455. The number of carbonyl (C=O) groups is 2. The maximum absolute atomic E-state index is 14.1. The highest BCUT2D eigenvalue weighted by atomic mass is 32.2. The Morgan fingerprint density at radius 2 is 1.86 bits per heavy atom. The fourth-order valence-electron chi connectivity index (χ4n) is 4.47. The van der Waals surface area contributed by atoms with Crippen LogP contribution in [0.4, 0.5) is 9.52 Å². The Balaban J connectivity index is 1.53. The molecule has 4 aromatic rings. The Hall–Kier alpha value is -4.48. The number of hydrogen-bond donors (Lipinski definition) is 1. The number of rotatable bonds is 12. The summed E-state index contributed by atoms with van der Waals surface area (Å²) in [5, 5.41) is 20.0. The summed E-state index contributed by atoms with van der Waals surface area (Å²) in [4.78, 5) is 28.3. The van der Waals surface area contributed by atoms with Gasteiger partial charge in [-0.15, -0.1) is 10.2 Å². The first-order chi connectivity index (χ1) is 20.9. The summed E-state index contributed by atoms with van der Waals surface area (Å²) >= 11 is 2.37. The molecule has 43 heavy (non-hydrogen) atoms. The van der Waals surface area contributed by atoms with E-state index in [-0.39, 0.29) is 28.9 Å². The topological polar surface area (TPSA) is 102 Å². The van der Waals surface area contributed by atoms with Crippen LogP contribution < -0.4 is 14.4 Å². The van der Waals surface area contributed by atoms with E-state index in [1.54, 1.807) is 72.8 Å². The summed E-state index contributed by atoms with van der Waals surface area (Å²) in [6, 6.07) is 19.0. The lowest BCUT2D eigenvalue weighted by Crippen LogP contribution is -2.29. The molecule has 0 bridgehead atoms. The standard InChI is InChI=1S/C32H28FN3O5S2/c1-3-16-40-23-14-12-20(13-15-23)28(37)26-27(21-9-7-10-24(18-21)41-17-4-2)36(30(39)29(26)38)31-34-35-32(43-31)42-19-22-8-5-6-11-25(22)33/h4-15,18,27,37H,2-3,16-17,19H2,1H3/b28-26+. The summed E-state index contributed by atoms with van der Waals surface area (Å²) < 4.78 is 26.0. The highest BCUT2D eigenvalue weighted by molar-refractivity contribution is 8.00. The molecule has 1 atom stereocenters. The van der Waals surface area contributed by atoms with Gasteiger partial charge in [-0.2, -0.15) is 0 Å². The highest BCUT2D eigenvalue weighted by Crippen LogP contribution is 2.44. The van der Waals surface area contributed by atoms with Gasteiger partial charge in [0.2, 0.25) is 5.13 Å². The van der Waals surface area contributed by atoms with Crippen LogP contribution in [0.25, 0.3) is 5.76 Å². The second-order valence-electron chi connectivity index (χ2n) is 9.44. The number of aliphatic hydroxyl groups excluding tert-OH is 1. The van der Waals surface area contributed by atoms with Gasteiger partial charge in [0.25, 0.3) is 5.78 Å². The van der Waals surface area contributed by atoms with Crippen LogP contribution in [0.5, 0.6) is 11.5 Å². The minimum absolute atomic E-state index is 0.0937. The molecule has 1 amide bonds. The lowest BCUT2D eigenvalue weighted by molar-refractivity contribution is -0.132. The zero-order valence-electron chi connectivity index (χ0n) is 23.2. The second-order valence-corrected chi connectivity index (χ2v) is 11.6. The number of ketones is 1. The van der Waals surface area contributed by atoms with Gasteiger partial charge in [0, 0.05) is 11.3 Å². The fourth-order valence-corrected chi connectivity index (χ4v) is 6.33. The van der Waals surface area contributed by atoms with Crippen molar-refractivity contribution >= 4 is 45.7 Å². The van der Waals surface area contributed by atoms with Crippen LogP contribution in [0.2, 0.25) is 0 Å². The molecule has 2 heterocycles. The summed E-state index contributed by atoms with van der Waals surface area (Å²) in [7, 11) is 0. The van der Waals surface area contributed by atoms with Crippen LogP contribution >= 0.6 is 23.1 Å². The van der Waals surface area contributed by atoms with Gasteiger partial charge in [0.05, 0.1) is 18.2 Å². The van der Waals surface area contributed by atoms with E-state index in [1.165, 1.54) is 22.7 Å². The molecule has 1 aliphatic heterocycles. The van der Waals surface area contributed by atoms with E-state index >= 15 is 0 Å². The third-order valence-corrected chi connectivity index (χ3v) is 8.60. The van der Waals surface area contributed by atoms with Crippen molar-refractivity contribution in [3.05, 3.63) is 114 Å². The van der Waals surface area contributed by atoms with Crippen molar-refractivity contribution in [3.8, 4) is 11.5 Å². The first-order valence-corrected chi connectivity index (χ1v) is 15.3. The van der Waals surface area contributed by atoms with Crippen LogP contribution in [0.1, 0.15) is 36.1 Å². The third kappa shape index (κ3) is 6.63. The SMILES string of the molecule is C=CCOc1cccc(C2/C(=C(\O)c3ccc(OCCC)cc3)C(=O)C(=O)N2c2nnc(SCc3ccccc3F)s2)c1. The summed E-state index contributed by atoms with van der Waals surface area (Å²) in [5.41, 5.74) is 1.29. The molecule has 1 aromatic heterocycles. The average Bonchev–Trinajstić information content (AvgIpc) is 3.60. The number of benzene rings is 3. The molecule has 220 valence electrons. The maximum Gasteiger partial charge on any atom is 0.301 e. The Bertz CT molecular complexity index is 1670. The van der Waals surface area contributed by atoms with Crippen molar-refractivity contribution < 1.29 is 28.6 Å². The van der Waals surface area contributed by atoms with E-state index in [0.717, 1.165) is 17.8 Å². The van der Waals surface area contributed by atoms with Gasteiger partial charge in [-0.25, -0.2) is 4.39 Å².